The Morgan fingerprint density at radius 3 is 2.62 bits per heavy atom. The van der Waals surface area contributed by atoms with Crippen molar-refractivity contribution in [1.29, 1.82) is 0 Å². The third-order valence-electron chi connectivity index (χ3n) is 5.51. The van der Waals surface area contributed by atoms with Crippen molar-refractivity contribution in [3.63, 3.8) is 0 Å². The van der Waals surface area contributed by atoms with Crippen molar-refractivity contribution in [2.75, 3.05) is 0 Å². The second-order valence-corrected chi connectivity index (χ2v) is 10.1. The molecule has 26 heavy (non-hydrogen) atoms. The average molecular weight is 392 g/mol. The smallest absolute Gasteiger partial charge is 0.191 e. The molecule has 0 N–H and O–H groups in total. The molecule has 0 aromatic carbocycles. The maximum Gasteiger partial charge on any atom is 0.191 e. The van der Waals surface area contributed by atoms with Crippen molar-refractivity contribution in [2.45, 2.75) is 93.9 Å². The Morgan fingerprint density at radius 1 is 1.15 bits per heavy atom. The molecule has 3 atom stereocenters. The first-order chi connectivity index (χ1) is 12.7. The molecule has 2 aliphatic rings. The van der Waals surface area contributed by atoms with Crippen LogP contribution in [0.2, 0.25) is 0 Å². The van der Waals surface area contributed by atoms with Gasteiger partial charge >= 0.3 is 0 Å². The molecule has 1 aliphatic heterocycles. The summed E-state index contributed by atoms with van der Waals surface area (Å²) in [5, 5.41) is 13.2. The van der Waals surface area contributed by atoms with Crippen molar-refractivity contribution in [3.05, 3.63) is 28.2 Å². The van der Waals surface area contributed by atoms with Gasteiger partial charge in [-0.05, 0) is 51.0 Å². The molecule has 4 nitrogen and oxygen atoms in total. The molecular formula is C20H29N3OS2. The Balaban J connectivity index is 1.57. The van der Waals surface area contributed by atoms with Gasteiger partial charge in [0.15, 0.2) is 5.16 Å². The molecule has 2 fully saturated rings. The lowest BCUT2D eigenvalue weighted by Gasteiger charge is -2.32. The van der Waals surface area contributed by atoms with E-state index in [1.165, 1.54) is 37.0 Å². The fourth-order valence-corrected chi connectivity index (χ4v) is 6.56. The summed E-state index contributed by atoms with van der Waals surface area (Å²) in [6, 6.07) is 4.91. The van der Waals surface area contributed by atoms with Crippen LogP contribution in [0.25, 0.3) is 0 Å². The summed E-state index contributed by atoms with van der Waals surface area (Å²) < 4.78 is 8.42. The molecule has 2 aromatic heterocycles. The van der Waals surface area contributed by atoms with Crippen molar-refractivity contribution in [3.8, 4) is 0 Å². The maximum absolute atomic E-state index is 5.92. The van der Waals surface area contributed by atoms with E-state index in [2.05, 4.69) is 46.1 Å². The monoisotopic (exact) mass is 391 g/mol. The minimum Gasteiger partial charge on any atom is -0.375 e. The third kappa shape index (κ3) is 4.34. The number of ether oxygens (including phenoxy) is 1. The van der Waals surface area contributed by atoms with Gasteiger partial charge in [-0.2, -0.15) is 0 Å². The van der Waals surface area contributed by atoms with Crippen LogP contribution in [-0.4, -0.2) is 32.2 Å². The summed E-state index contributed by atoms with van der Waals surface area (Å²) in [7, 11) is 0. The van der Waals surface area contributed by atoms with Crippen molar-refractivity contribution in [2.24, 2.45) is 0 Å². The van der Waals surface area contributed by atoms with Crippen molar-refractivity contribution in [1.82, 2.24) is 14.8 Å². The number of hydrogen-bond acceptors (Lipinski definition) is 5. The lowest BCUT2D eigenvalue weighted by Crippen LogP contribution is -2.31. The second-order valence-electron chi connectivity index (χ2n) is 7.79. The van der Waals surface area contributed by atoms with Crippen LogP contribution >= 0.6 is 23.1 Å². The quantitative estimate of drug-likeness (QED) is 0.676. The Labute approximate surface area is 164 Å². The van der Waals surface area contributed by atoms with Gasteiger partial charge in [0, 0.05) is 22.6 Å². The van der Waals surface area contributed by atoms with E-state index < -0.39 is 0 Å². The standard InChI is InChI=1S/C20H29N3OS2/c1-14-11-18(12-15(2)24-14)26-20-22-21-19(13-17-9-6-10-25-17)23(20)16-7-4-3-5-8-16/h6,9-10,14-16,18H,3-5,7-8,11-13H2,1-2H3/t14-,15+,18?. The molecule has 3 heterocycles. The second kappa shape index (κ2) is 8.44. The molecule has 6 heteroatoms. The first kappa shape index (κ1) is 18.5. The minimum absolute atomic E-state index is 0.341. The normalized spacial score (nSPS) is 27.7. The zero-order valence-corrected chi connectivity index (χ0v) is 17.4. The number of nitrogens with zero attached hydrogens (tertiary/aromatic N) is 3. The Morgan fingerprint density at radius 2 is 1.92 bits per heavy atom. The van der Waals surface area contributed by atoms with E-state index in [-0.39, 0.29) is 0 Å². The van der Waals surface area contributed by atoms with E-state index in [1.807, 2.05) is 23.1 Å². The Bertz CT molecular complexity index is 684. The summed E-state index contributed by atoms with van der Waals surface area (Å²) in [6.07, 6.45) is 10.4. The lowest BCUT2D eigenvalue weighted by atomic mass is 9.95. The SMILES string of the molecule is C[C@@H]1CC(Sc2nnc(Cc3cccs3)n2C2CCCCC2)C[C@H](C)O1. The van der Waals surface area contributed by atoms with Crippen molar-refractivity contribution < 1.29 is 4.74 Å². The highest BCUT2D eigenvalue weighted by atomic mass is 32.2. The van der Waals surface area contributed by atoms with E-state index in [0.29, 0.717) is 23.5 Å². The van der Waals surface area contributed by atoms with Gasteiger partial charge < -0.3 is 9.30 Å². The average Bonchev–Trinajstić information content (AvgIpc) is 3.25. The summed E-state index contributed by atoms with van der Waals surface area (Å²) in [5.74, 6) is 1.15. The van der Waals surface area contributed by atoms with Gasteiger partial charge in [-0.15, -0.1) is 21.5 Å². The van der Waals surface area contributed by atoms with Gasteiger partial charge in [0.1, 0.15) is 5.82 Å². The van der Waals surface area contributed by atoms with Gasteiger partial charge in [-0.1, -0.05) is 37.1 Å². The molecule has 1 saturated heterocycles. The summed E-state index contributed by atoms with van der Waals surface area (Å²) in [4.78, 5) is 1.37. The zero-order chi connectivity index (χ0) is 17.9. The fourth-order valence-electron chi connectivity index (χ4n) is 4.37. The topological polar surface area (TPSA) is 39.9 Å². The van der Waals surface area contributed by atoms with E-state index in [0.717, 1.165) is 30.2 Å². The van der Waals surface area contributed by atoms with Crippen LogP contribution in [0.1, 0.15) is 75.5 Å². The predicted octanol–water partition coefficient (Wildman–Crippen LogP) is 5.48. The van der Waals surface area contributed by atoms with Crippen molar-refractivity contribution >= 4 is 23.1 Å². The number of rotatable bonds is 5. The number of thiophene rings is 1. The third-order valence-corrected chi connectivity index (χ3v) is 7.60. The Hall–Kier alpha value is -0.850. The largest absolute Gasteiger partial charge is 0.375 e. The van der Waals surface area contributed by atoms with Gasteiger partial charge in [-0.3, -0.25) is 0 Å². The molecular weight excluding hydrogens is 362 g/mol. The zero-order valence-electron chi connectivity index (χ0n) is 15.8. The molecule has 1 unspecified atom stereocenters. The first-order valence-corrected chi connectivity index (χ1v) is 11.7. The van der Waals surface area contributed by atoms with Crippen LogP contribution in [0.5, 0.6) is 0 Å². The maximum atomic E-state index is 5.92. The molecule has 0 amide bonds. The highest BCUT2D eigenvalue weighted by Gasteiger charge is 2.29. The molecule has 0 radical (unpaired) electrons. The molecule has 2 aromatic rings. The predicted molar refractivity (Wildman–Crippen MR) is 108 cm³/mol. The van der Waals surface area contributed by atoms with Crippen LogP contribution in [0.3, 0.4) is 0 Å². The van der Waals surface area contributed by atoms with Gasteiger partial charge in [-0.25, -0.2) is 0 Å². The van der Waals surface area contributed by atoms with Crippen LogP contribution in [0.15, 0.2) is 22.7 Å². The highest BCUT2D eigenvalue weighted by molar-refractivity contribution is 7.99. The van der Waals surface area contributed by atoms with E-state index in [1.54, 1.807) is 0 Å². The molecule has 0 spiro atoms. The number of aromatic nitrogens is 3. The molecule has 1 aliphatic carbocycles. The van der Waals surface area contributed by atoms with Crippen LogP contribution in [0, 0.1) is 0 Å². The summed E-state index contributed by atoms with van der Waals surface area (Å²) in [5.41, 5.74) is 0. The van der Waals surface area contributed by atoms with E-state index >= 15 is 0 Å². The number of thioether (sulfide) groups is 1. The highest BCUT2D eigenvalue weighted by Crippen LogP contribution is 2.38. The summed E-state index contributed by atoms with van der Waals surface area (Å²) >= 11 is 3.75. The van der Waals surface area contributed by atoms with Crippen LogP contribution in [-0.2, 0) is 11.2 Å². The molecule has 4 rings (SSSR count). The van der Waals surface area contributed by atoms with Crippen LogP contribution in [0.4, 0.5) is 0 Å². The Kier molecular flexibility index (Phi) is 6.01. The first-order valence-electron chi connectivity index (χ1n) is 9.97. The molecule has 142 valence electrons. The van der Waals surface area contributed by atoms with Gasteiger partial charge in [0.2, 0.25) is 0 Å². The van der Waals surface area contributed by atoms with Gasteiger partial charge in [0.25, 0.3) is 0 Å². The van der Waals surface area contributed by atoms with E-state index in [4.69, 9.17) is 4.74 Å². The molecule has 0 bridgehead atoms. The molecule has 1 saturated carbocycles. The summed E-state index contributed by atoms with van der Waals surface area (Å²) in [6.45, 7) is 4.38. The van der Waals surface area contributed by atoms with E-state index in [9.17, 15) is 0 Å². The fraction of sp³-hybridized carbons (Fsp3) is 0.700. The number of hydrogen-bond donors (Lipinski definition) is 0. The van der Waals surface area contributed by atoms with Gasteiger partial charge in [0.05, 0.1) is 12.2 Å². The lowest BCUT2D eigenvalue weighted by molar-refractivity contribution is -0.0265. The van der Waals surface area contributed by atoms with Crippen LogP contribution < -0.4 is 0 Å². The minimum atomic E-state index is 0.341.